The van der Waals surface area contributed by atoms with E-state index in [0.717, 1.165) is 22.5 Å². The summed E-state index contributed by atoms with van der Waals surface area (Å²) < 4.78 is 0. The van der Waals surface area contributed by atoms with Crippen molar-refractivity contribution in [2.75, 3.05) is 12.3 Å². The molecule has 0 aliphatic carbocycles. The number of nitrogens with zero attached hydrogens (tertiary/aromatic N) is 2. The molecule has 2 heterocycles. The Morgan fingerprint density at radius 3 is 2.94 bits per heavy atom. The summed E-state index contributed by atoms with van der Waals surface area (Å²) in [5.74, 6) is 1.13. The van der Waals surface area contributed by atoms with E-state index in [1.807, 2.05) is 19.3 Å². The molecule has 16 heavy (non-hydrogen) atoms. The van der Waals surface area contributed by atoms with E-state index in [9.17, 15) is 0 Å². The first-order valence-corrected chi connectivity index (χ1v) is 6.98. The van der Waals surface area contributed by atoms with Crippen molar-refractivity contribution in [1.29, 1.82) is 0 Å². The molecule has 88 valence electrons. The van der Waals surface area contributed by atoms with Crippen LogP contribution in [-0.2, 0) is 0 Å². The molecule has 0 radical (unpaired) electrons. The van der Waals surface area contributed by atoms with E-state index in [2.05, 4.69) is 15.3 Å². The van der Waals surface area contributed by atoms with Crippen molar-refractivity contribution in [1.82, 2.24) is 15.3 Å². The zero-order valence-corrected chi connectivity index (χ0v) is 10.6. The van der Waals surface area contributed by atoms with Crippen LogP contribution in [-0.4, -0.2) is 28.3 Å². The zero-order valence-electron chi connectivity index (χ0n) is 9.78. The van der Waals surface area contributed by atoms with Gasteiger partial charge < -0.3 is 5.32 Å². The summed E-state index contributed by atoms with van der Waals surface area (Å²) in [6.45, 7) is 3.22. The van der Waals surface area contributed by atoms with E-state index in [0.29, 0.717) is 0 Å². The van der Waals surface area contributed by atoms with Crippen LogP contribution in [0.4, 0.5) is 0 Å². The highest BCUT2D eigenvalue weighted by Gasteiger charge is 2.12. The van der Waals surface area contributed by atoms with Crippen LogP contribution in [0.5, 0.6) is 0 Å². The molecule has 1 N–H and O–H groups in total. The second-order valence-electron chi connectivity index (χ2n) is 4.33. The molecule has 3 nitrogen and oxygen atoms in total. The molecule has 4 heteroatoms. The minimum absolute atomic E-state index is 0.763. The first-order valence-electron chi connectivity index (χ1n) is 5.99. The molecule has 1 unspecified atom stereocenters. The lowest BCUT2D eigenvalue weighted by atomic mass is 10.1. The third kappa shape index (κ3) is 3.76. The second-order valence-corrected chi connectivity index (χ2v) is 5.39. The van der Waals surface area contributed by atoms with Gasteiger partial charge in [-0.05, 0) is 44.7 Å². The maximum Gasteiger partial charge on any atom is 0.187 e. The molecule has 0 bridgehead atoms. The largest absolute Gasteiger partial charge is 0.314 e. The molecule has 1 aromatic rings. The monoisotopic (exact) mass is 237 g/mol. The van der Waals surface area contributed by atoms with E-state index in [1.165, 1.54) is 32.2 Å². The standard InChI is InChI=1S/C12H19N3S/c1-10-8-14-12(15-9-10)16-7-3-5-11-4-2-6-13-11/h8-9,11,13H,2-7H2,1H3. The fourth-order valence-electron chi connectivity index (χ4n) is 1.95. The third-order valence-corrected chi connectivity index (χ3v) is 3.81. The Hall–Kier alpha value is -0.610. The van der Waals surface area contributed by atoms with Crippen molar-refractivity contribution in [3.8, 4) is 0 Å². The summed E-state index contributed by atoms with van der Waals surface area (Å²) in [6, 6.07) is 0.763. The lowest BCUT2D eigenvalue weighted by molar-refractivity contribution is 0.553. The highest BCUT2D eigenvalue weighted by Crippen LogP contribution is 2.17. The van der Waals surface area contributed by atoms with Crippen molar-refractivity contribution in [2.24, 2.45) is 0 Å². The molecule has 2 rings (SSSR count). The van der Waals surface area contributed by atoms with Gasteiger partial charge in [-0.25, -0.2) is 9.97 Å². The third-order valence-electron chi connectivity index (χ3n) is 2.85. The Labute approximate surface area is 101 Å². The minimum atomic E-state index is 0.763. The smallest absolute Gasteiger partial charge is 0.187 e. The van der Waals surface area contributed by atoms with Crippen molar-refractivity contribution >= 4 is 11.8 Å². The summed E-state index contributed by atoms with van der Waals surface area (Å²) >= 11 is 1.76. The van der Waals surface area contributed by atoms with Crippen LogP contribution in [0.15, 0.2) is 17.6 Å². The number of rotatable bonds is 5. The van der Waals surface area contributed by atoms with Crippen LogP contribution < -0.4 is 5.32 Å². The van der Waals surface area contributed by atoms with E-state index in [-0.39, 0.29) is 0 Å². The van der Waals surface area contributed by atoms with Crippen LogP contribution in [0.25, 0.3) is 0 Å². The fraction of sp³-hybridized carbons (Fsp3) is 0.667. The van der Waals surface area contributed by atoms with Gasteiger partial charge in [-0.1, -0.05) is 11.8 Å². The van der Waals surface area contributed by atoms with Crippen molar-refractivity contribution in [3.63, 3.8) is 0 Å². The molecular weight excluding hydrogens is 218 g/mol. The van der Waals surface area contributed by atoms with Gasteiger partial charge in [-0.15, -0.1) is 0 Å². The fourth-order valence-corrected chi connectivity index (χ4v) is 2.70. The normalized spacial score (nSPS) is 20.2. The molecule has 1 atom stereocenters. The van der Waals surface area contributed by atoms with E-state index in [4.69, 9.17) is 0 Å². The predicted octanol–water partition coefficient (Wildman–Crippen LogP) is 2.41. The number of hydrogen-bond donors (Lipinski definition) is 1. The molecule has 1 saturated heterocycles. The van der Waals surface area contributed by atoms with Gasteiger partial charge >= 0.3 is 0 Å². The van der Waals surface area contributed by atoms with Crippen LogP contribution in [0.2, 0.25) is 0 Å². The average Bonchev–Trinajstić information content (AvgIpc) is 2.80. The number of aryl methyl sites for hydroxylation is 1. The number of thioether (sulfide) groups is 1. The molecule has 0 aromatic carbocycles. The molecule has 0 amide bonds. The molecule has 0 saturated carbocycles. The molecule has 1 aromatic heterocycles. The quantitative estimate of drug-likeness (QED) is 0.485. The van der Waals surface area contributed by atoms with E-state index < -0.39 is 0 Å². The van der Waals surface area contributed by atoms with Crippen LogP contribution in [0.1, 0.15) is 31.2 Å². The van der Waals surface area contributed by atoms with Crippen molar-refractivity contribution < 1.29 is 0 Å². The van der Waals surface area contributed by atoms with Crippen molar-refractivity contribution in [2.45, 2.75) is 43.8 Å². The van der Waals surface area contributed by atoms with Crippen LogP contribution >= 0.6 is 11.8 Å². The number of aromatic nitrogens is 2. The second kappa shape index (κ2) is 6.21. The van der Waals surface area contributed by atoms with Gasteiger partial charge in [0.2, 0.25) is 0 Å². The first-order chi connectivity index (χ1) is 7.84. The van der Waals surface area contributed by atoms with Gasteiger partial charge in [0.15, 0.2) is 5.16 Å². The molecule has 0 spiro atoms. The Balaban J connectivity index is 1.62. The molecular formula is C12H19N3S. The van der Waals surface area contributed by atoms with Gasteiger partial charge in [-0.2, -0.15) is 0 Å². The maximum atomic E-state index is 4.28. The summed E-state index contributed by atoms with van der Waals surface area (Å²) in [5, 5.41) is 4.43. The summed E-state index contributed by atoms with van der Waals surface area (Å²) in [4.78, 5) is 8.57. The Kier molecular flexibility index (Phi) is 4.60. The Morgan fingerprint density at radius 1 is 1.44 bits per heavy atom. The minimum Gasteiger partial charge on any atom is -0.314 e. The summed E-state index contributed by atoms with van der Waals surface area (Å²) in [5.41, 5.74) is 1.12. The highest BCUT2D eigenvalue weighted by molar-refractivity contribution is 7.99. The number of nitrogens with one attached hydrogen (secondary N) is 1. The topological polar surface area (TPSA) is 37.8 Å². The SMILES string of the molecule is Cc1cnc(SCCCC2CCCN2)nc1. The Morgan fingerprint density at radius 2 is 2.25 bits per heavy atom. The predicted molar refractivity (Wildman–Crippen MR) is 67.8 cm³/mol. The lowest BCUT2D eigenvalue weighted by Gasteiger charge is -2.08. The summed E-state index contributed by atoms with van der Waals surface area (Å²) in [7, 11) is 0. The first kappa shape index (κ1) is 11.9. The maximum absolute atomic E-state index is 4.28. The van der Waals surface area contributed by atoms with Crippen LogP contribution in [0, 0.1) is 6.92 Å². The molecule has 1 fully saturated rings. The van der Waals surface area contributed by atoms with Gasteiger partial charge in [0.25, 0.3) is 0 Å². The number of hydrogen-bond acceptors (Lipinski definition) is 4. The lowest BCUT2D eigenvalue weighted by Crippen LogP contribution is -2.20. The summed E-state index contributed by atoms with van der Waals surface area (Å²) in [6.07, 6.45) is 9.00. The average molecular weight is 237 g/mol. The highest BCUT2D eigenvalue weighted by atomic mass is 32.2. The van der Waals surface area contributed by atoms with Gasteiger partial charge in [0.05, 0.1) is 0 Å². The van der Waals surface area contributed by atoms with Gasteiger partial charge in [-0.3, -0.25) is 0 Å². The van der Waals surface area contributed by atoms with Crippen LogP contribution in [0.3, 0.4) is 0 Å². The zero-order chi connectivity index (χ0) is 11.2. The Bertz CT molecular complexity index is 307. The van der Waals surface area contributed by atoms with E-state index >= 15 is 0 Å². The van der Waals surface area contributed by atoms with Crippen molar-refractivity contribution in [3.05, 3.63) is 18.0 Å². The molecule has 1 aliphatic rings. The van der Waals surface area contributed by atoms with Gasteiger partial charge in [0, 0.05) is 24.2 Å². The molecule has 1 aliphatic heterocycles. The van der Waals surface area contributed by atoms with Gasteiger partial charge in [0.1, 0.15) is 0 Å². The van der Waals surface area contributed by atoms with E-state index in [1.54, 1.807) is 11.8 Å².